The minimum atomic E-state index is 0.0329. The molecule has 0 radical (unpaired) electrons. The summed E-state index contributed by atoms with van der Waals surface area (Å²) in [5.41, 5.74) is 2.93. The Balaban J connectivity index is 1.41. The Kier molecular flexibility index (Phi) is 4.32. The molecule has 1 aromatic heterocycles. The summed E-state index contributed by atoms with van der Waals surface area (Å²) in [6, 6.07) is 12.2. The molecule has 27 heavy (non-hydrogen) atoms. The van der Waals surface area contributed by atoms with E-state index in [9.17, 15) is 4.79 Å². The van der Waals surface area contributed by atoms with Crippen molar-refractivity contribution >= 4 is 17.4 Å². The van der Waals surface area contributed by atoms with Crippen LogP contribution in [0.25, 0.3) is 0 Å². The van der Waals surface area contributed by atoms with Gasteiger partial charge in [-0.25, -0.2) is 4.98 Å². The van der Waals surface area contributed by atoms with Gasteiger partial charge in [-0.15, -0.1) is 0 Å². The van der Waals surface area contributed by atoms with Gasteiger partial charge in [0, 0.05) is 37.0 Å². The standard InChI is InChI=1S/C22H25N3O2/c26-22(25-13-10-15-5-1-2-8-19(15)25)17-6-4-12-23-21(17)24-18-7-3-9-20-16(18)11-14-27-20/h1-2,4-6,8,12,16,18,20H,3,7,9-11,13-14H2,(H,23,24). The molecule has 0 bridgehead atoms. The van der Waals surface area contributed by atoms with Crippen LogP contribution in [0.2, 0.25) is 0 Å². The Morgan fingerprint density at radius 3 is 3.04 bits per heavy atom. The smallest absolute Gasteiger partial charge is 0.262 e. The second-order valence-electron chi connectivity index (χ2n) is 7.78. The largest absolute Gasteiger partial charge is 0.378 e. The lowest BCUT2D eigenvalue weighted by Gasteiger charge is -2.34. The number of benzene rings is 1. The van der Waals surface area contributed by atoms with Crippen LogP contribution in [0.3, 0.4) is 0 Å². The van der Waals surface area contributed by atoms with Crippen molar-refractivity contribution in [2.24, 2.45) is 5.92 Å². The van der Waals surface area contributed by atoms with Gasteiger partial charge in [0.2, 0.25) is 0 Å². The molecule has 140 valence electrons. The van der Waals surface area contributed by atoms with E-state index in [1.54, 1.807) is 6.20 Å². The number of hydrogen-bond acceptors (Lipinski definition) is 4. The van der Waals surface area contributed by atoms with Gasteiger partial charge in [0.1, 0.15) is 5.82 Å². The summed E-state index contributed by atoms with van der Waals surface area (Å²) in [5, 5.41) is 3.61. The first-order valence-electron chi connectivity index (χ1n) is 10.0. The van der Waals surface area contributed by atoms with Crippen molar-refractivity contribution in [2.45, 2.75) is 44.2 Å². The van der Waals surface area contributed by atoms with Crippen LogP contribution in [-0.4, -0.2) is 36.2 Å². The van der Waals surface area contributed by atoms with Crippen LogP contribution in [0, 0.1) is 5.92 Å². The number of pyridine rings is 1. The molecule has 1 saturated carbocycles. The number of amides is 1. The van der Waals surface area contributed by atoms with E-state index in [0.717, 1.165) is 50.9 Å². The van der Waals surface area contributed by atoms with Gasteiger partial charge in [0.05, 0.1) is 11.7 Å². The van der Waals surface area contributed by atoms with Gasteiger partial charge >= 0.3 is 0 Å². The molecule has 2 aromatic rings. The van der Waals surface area contributed by atoms with E-state index in [1.807, 2.05) is 35.2 Å². The van der Waals surface area contributed by atoms with Crippen molar-refractivity contribution in [3.05, 3.63) is 53.7 Å². The zero-order chi connectivity index (χ0) is 18.2. The number of carbonyl (C=O) groups is 1. The number of carbonyl (C=O) groups excluding carboxylic acids is 1. The molecule has 1 amide bonds. The lowest BCUT2D eigenvalue weighted by molar-refractivity contribution is 0.0619. The molecule has 1 aliphatic carbocycles. The van der Waals surface area contributed by atoms with E-state index in [2.05, 4.69) is 16.4 Å². The molecule has 5 nitrogen and oxygen atoms in total. The summed E-state index contributed by atoms with van der Waals surface area (Å²) in [7, 11) is 0. The highest BCUT2D eigenvalue weighted by Gasteiger charge is 2.38. The first-order valence-corrected chi connectivity index (χ1v) is 10.0. The number of nitrogens with one attached hydrogen (secondary N) is 1. The molecule has 3 atom stereocenters. The third kappa shape index (κ3) is 3.00. The topological polar surface area (TPSA) is 54.5 Å². The predicted octanol–water partition coefficient (Wildman–Crippen LogP) is 3.65. The van der Waals surface area contributed by atoms with Crippen molar-refractivity contribution in [1.29, 1.82) is 0 Å². The molecule has 1 saturated heterocycles. The Bertz CT molecular complexity index is 853. The lowest BCUT2D eigenvalue weighted by atomic mass is 9.82. The maximum Gasteiger partial charge on any atom is 0.262 e. The van der Waals surface area contributed by atoms with Crippen LogP contribution >= 0.6 is 0 Å². The number of fused-ring (bicyclic) bond motifs is 2. The molecule has 1 aromatic carbocycles. The lowest BCUT2D eigenvalue weighted by Crippen LogP contribution is -2.39. The number of anilines is 2. The number of para-hydroxylation sites is 1. The second-order valence-corrected chi connectivity index (χ2v) is 7.78. The minimum absolute atomic E-state index is 0.0329. The van der Waals surface area contributed by atoms with Gasteiger partial charge in [-0.2, -0.15) is 0 Å². The van der Waals surface area contributed by atoms with E-state index >= 15 is 0 Å². The normalized spacial score (nSPS) is 26.5. The van der Waals surface area contributed by atoms with Gasteiger partial charge in [-0.3, -0.25) is 4.79 Å². The van der Waals surface area contributed by atoms with E-state index in [0.29, 0.717) is 29.4 Å². The summed E-state index contributed by atoms with van der Waals surface area (Å²) < 4.78 is 5.89. The van der Waals surface area contributed by atoms with Gasteiger partial charge < -0.3 is 15.0 Å². The van der Waals surface area contributed by atoms with Gasteiger partial charge in [0.25, 0.3) is 5.91 Å². The summed E-state index contributed by atoms with van der Waals surface area (Å²) in [5.74, 6) is 1.27. The predicted molar refractivity (Wildman–Crippen MR) is 105 cm³/mol. The maximum atomic E-state index is 13.3. The molecule has 5 heteroatoms. The fraction of sp³-hybridized carbons (Fsp3) is 0.455. The van der Waals surface area contributed by atoms with Crippen molar-refractivity contribution in [3.8, 4) is 0 Å². The van der Waals surface area contributed by atoms with Crippen molar-refractivity contribution in [1.82, 2.24) is 4.98 Å². The molecule has 0 spiro atoms. The van der Waals surface area contributed by atoms with Gasteiger partial charge in [-0.05, 0) is 55.9 Å². The van der Waals surface area contributed by atoms with E-state index in [-0.39, 0.29) is 5.91 Å². The fourth-order valence-corrected chi connectivity index (χ4v) is 4.92. The molecule has 3 aliphatic rings. The summed E-state index contributed by atoms with van der Waals surface area (Å²) >= 11 is 0. The van der Waals surface area contributed by atoms with Crippen LogP contribution in [0.15, 0.2) is 42.6 Å². The van der Waals surface area contributed by atoms with E-state index in [4.69, 9.17) is 4.74 Å². The maximum absolute atomic E-state index is 13.3. The second kappa shape index (κ2) is 6.97. The fourth-order valence-electron chi connectivity index (χ4n) is 4.92. The summed E-state index contributed by atoms with van der Waals surface area (Å²) in [6.07, 6.45) is 7.57. The van der Waals surface area contributed by atoms with Gasteiger partial charge in [-0.1, -0.05) is 18.2 Å². The van der Waals surface area contributed by atoms with Crippen LogP contribution in [0.5, 0.6) is 0 Å². The minimum Gasteiger partial charge on any atom is -0.378 e. The SMILES string of the molecule is O=C(c1cccnc1NC1CCCC2OCCC12)N1CCc2ccccc21. The zero-order valence-corrected chi connectivity index (χ0v) is 15.4. The molecule has 2 aliphatic heterocycles. The third-order valence-corrected chi connectivity index (χ3v) is 6.27. The summed E-state index contributed by atoms with van der Waals surface area (Å²) in [4.78, 5) is 19.7. The Hall–Kier alpha value is -2.40. The highest BCUT2D eigenvalue weighted by molar-refractivity contribution is 6.10. The van der Waals surface area contributed by atoms with Crippen molar-refractivity contribution in [2.75, 3.05) is 23.4 Å². The van der Waals surface area contributed by atoms with Crippen LogP contribution in [0.4, 0.5) is 11.5 Å². The number of rotatable bonds is 3. The molecular formula is C22H25N3O2. The molecule has 2 fully saturated rings. The molecule has 1 N–H and O–H groups in total. The van der Waals surface area contributed by atoms with Crippen molar-refractivity contribution < 1.29 is 9.53 Å². The number of hydrogen-bond donors (Lipinski definition) is 1. The molecular weight excluding hydrogens is 338 g/mol. The Morgan fingerprint density at radius 2 is 2.07 bits per heavy atom. The molecule has 3 unspecified atom stereocenters. The average molecular weight is 363 g/mol. The van der Waals surface area contributed by atoms with Crippen LogP contribution in [-0.2, 0) is 11.2 Å². The molecule has 5 rings (SSSR count). The first-order chi connectivity index (χ1) is 13.3. The van der Waals surface area contributed by atoms with Gasteiger partial charge in [0.15, 0.2) is 0 Å². The number of ether oxygens (including phenoxy) is 1. The number of nitrogens with zero attached hydrogens (tertiary/aromatic N) is 2. The first kappa shape index (κ1) is 16.8. The Labute approximate surface area is 159 Å². The highest BCUT2D eigenvalue weighted by atomic mass is 16.5. The van der Waals surface area contributed by atoms with E-state index in [1.165, 1.54) is 5.56 Å². The number of aromatic nitrogens is 1. The third-order valence-electron chi connectivity index (χ3n) is 6.27. The average Bonchev–Trinajstić information content (AvgIpc) is 3.35. The quantitative estimate of drug-likeness (QED) is 0.904. The molecule has 3 heterocycles. The van der Waals surface area contributed by atoms with Crippen molar-refractivity contribution in [3.63, 3.8) is 0 Å². The van der Waals surface area contributed by atoms with Crippen LogP contribution in [0.1, 0.15) is 41.6 Å². The Morgan fingerprint density at radius 1 is 1.15 bits per heavy atom. The van der Waals surface area contributed by atoms with Crippen LogP contribution < -0.4 is 10.2 Å². The monoisotopic (exact) mass is 363 g/mol. The van der Waals surface area contributed by atoms with E-state index < -0.39 is 0 Å². The summed E-state index contributed by atoms with van der Waals surface area (Å²) in [6.45, 7) is 1.58. The zero-order valence-electron chi connectivity index (χ0n) is 15.4. The highest BCUT2D eigenvalue weighted by Crippen LogP contribution is 2.36.